The van der Waals surface area contributed by atoms with E-state index in [1.54, 1.807) is 18.2 Å². The van der Waals surface area contributed by atoms with Gasteiger partial charge < -0.3 is 15.6 Å². The summed E-state index contributed by atoms with van der Waals surface area (Å²) in [6, 6.07) is 4.96. The normalized spacial score (nSPS) is 14.8. The zero-order valence-corrected chi connectivity index (χ0v) is 11.2. The molecule has 96 valence electrons. The maximum absolute atomic E-state index is 10.1. The van der Waals surface area contributed by atoms with Crippen molar-refractivity contribution in [3.8, 4) is 5.75 Å². The fraction of sp³-hybridized carbons (Fsp3) is 0.538. The van der Waals surface area contributed by atoms with E-state index in [0.717, 1.165) is 5.56 Å². The molecular formula is C13H20ClNO2. The van der Waals surface area contributed by atoms with E-state index in [9.17, 15) is 5.11 Å². The lowest BCUT2D eigenvalue weighted by molar-refractivity contribution is 0.125. The first-order chi connectivity index (χ1) is 7.97. The van der Waals surface area contributed by atoms with Crippen LogP contribution in [0.5, 0.6) is 5.75 Å². The molecule has 0 aliphatic heterocycles. The third-order valence-electron chi connectivity index (χ3n) is 2.73. The van der Waals surface area contributed by atoms with Crippen molar-refractivity contribution in [2.75, 3.05) is 6.61 Å². The van der Waals surface area contributed by atoms with Gasteiger partial charge in [-0.05, 0) is 30.5 Å². The quantitative estimate of drug-likeness (QED) is 0.853. The maximum atomic E-state index is 10.1. The zero-order chi connectivity index (χ0) is 13.0. The maximum Gasteiger partial charge on any atom is 0.137 e. The van der Waals surface area contributed by atoms with Crippen LogP contribution in [-0.4, -0.2) is 17.8 Å². The van der Waals surface area contributed by atoms with Crippen LogP contribution in [0.25, 0.3) is 0 Å². The van der Waals surface area contributed by atoms with Gasteiger partial charge in [-0.3, -0.25) is 0 Å². The minimum absolute atomic E-state index is 0.204. The number of rotatable bonds is 5. The van der Waals surface area contributed by atoms with Gasteiger partial charge in [-0.1, -0.05) is 31.5 Å². The van der Waals surface area contributed by atoms with Gasteiger partial charge >= 0.3 is 0 Å². The van der Waals surface area contributed by atoms with Crippen molar-refractivity contribution in [2.24, 2.45) is 11.7 Å². The molecule has 0 saturated heterocycles. The topological polar surface area (TPSA) is 55.5 Å². The van der Waals surface area contributed by atoms with Crippen LogP contribution in [0.1, 0.15) is 32.4 Å². The van der Waals surface area contributed by atoms with E-state index in [0.29, 0.717) is 17.4 Å². The number of nitrogens with two attached hydrogens (primary N) is 1. The lowest BCUT2D eigenvalue weighted by Crippen LogP contribution is -2.33. The van der Waals surface area contributed by atoms with E-state index in [-0.39, 0.29) is 12.0 Å². The average molecular weight is 258 g/mol. The van der Waals surface area contributed by atoms with Crippen LogP contribution in [0.3, 0.4) is 0 Å². The second-order valence-electron chi connectivity index (χ2n) is 4.39. The fourth-order valence-corrected chi connectivity index (χ4v) is 1.80. The molecule has 1 aromatic carbocycles. The van der Waals surface area contributed by atoms with Crippen molar-refractivity contribution < 1.29 is 9.84 Å². The number of ether oxygens (including phenoxy) is 1. The molecule has 3 nitrogen and oxygen atoms in total. The van der Waals surface area contributed by atoms with Gasteiger partial charge in [0.2, 0.25) is 0 Å². The summed E-state index contributed by atoms with van der Waals surface area (Å²) in [6.07, 6.45) is -0.705. The SMILES string of the molecule is CCOc1ccc(C(O)C(N)C(C)C)cc1Cl. The summed E-state index contributed by atoms with van der Waals surface area (Å²) < 4.78 is 5.33. The Morgan fingerprint density at radius 1 is 1.41 bits per heavy atom. The number of benzene rings is 1. The third-order valence-corrected chi connectivity index (χ3v) is 3.03. The lowest BCUT2D eigenvalue weighted by atomic mass is 9.94. The van der Waals surface area contributed by atoms with Crippen LogP contribution in [0, 0.1) is 5.92 Å². The molecule has 4 heteroatoms. The first-order valence-electron chi connectivity index (χ1n) is 5.83. The molecule has 0 aliphatic carbocycles. The summed E-state index contributed by atoms with van der Waals surface area (Å²) in [5.74, 6) is 0.832. The molecular weight excluding hydrogens is 238 g/mol. The van der Waals surface area contributed by atoms with Crippen molar-refractivity contribution >= 4 is 11.6 Å². The predicted octanol–water partition coefficient (Wildman–Crippen LogP) is 2.76. The molecule has 0 bridgehead atoms. The Kier molecular flexibility index (Phi) is 5.25. The number of hydrogen-bond donors (Lipinski definition) is 2. The Morgan fingerprint density at radius 2 is 2.06 bits per heavy atom. The summed E-state index contributed by atoms with van der Waals surface area (Å²) in [6.45, 7) is 6.41. The third kappa shape index (κ3) is 3.60. The molecule has 2 unspecified atom stereocenters. The minimum Gasteiger partial charge on any atom is -0.492 e. The fourth-order valence-electron chi connectivity index (χ4n) is 1.56. The molecule has 0 fully saturated rings. The molecule has 0 heterocycles. The van der Waals surface area contributed by atoms with Crippen LogP contribution in [0.2, 0.25) is 5.02 Å². The second kappa shape index (κ2) is 6.24. The van der Waals surface area contributed by atoms with Gasteiger partial charge in [0, 0.05) is 6.04 Å². The smallest absolute Gasteiger partial charge is 0.137 e. The highest BCUT2D eigenvalue weighted by Crippen LogP contribution is 2.29. The Bertz CT molecular complexity index is 368. The molecule has 0 saturated carbocycles. The monoisotopic (exact) mass is 257 g/mol. The van der Waals surface area contributed by atoms with Gasteiger partial charge in [-0.15, -0.1) is 0 Å². The van der Waals surface area contributed by atoms with E-state index < -0.39 is 6.10 Å². The predicted molar refractivity (Wildman–Crippen MR) is 70.4 cm³/mol. The molecule has 1 aromatic rings. The van der Waals surface area contributed by atoms with Crippen LogP contribution in [0.15, 0.2) is 18.2 Å². The summed E-state index contributed by atoms with van der Waals surface area (Å²) in [5.41, 5.74) is 6.64. The summed E-state index contributed by atoms with van der Waals surface area (Å²) >= 11 is 6.06. The highest BCUT2D eigenvalue weighted by Gasteiger charge is 2.20. The van der Waals surface area contributed by atoms with Crippen LogP contribution in [0.4, 0.5) is 0 Å². The molecule has 0 amide bonds. The summed E-state index contributed by atoms with van der Waals surface area (Å²) in [7, 11) is 0. The molecule has 0 spiro atoms. The molecule has 1 rings (SSSR count). The van der Waals surface area contributed by atoms with E-state index in [4.69, 9.17) is 22.1 Å². The summed E-state index contributed by atoms with van der Waals surface area (Å²) in [5, 5.41) is 10.6. The van der Waals surface area contributed by atoms with Crippen molar-refractivity contribution in [1.29, 1.82) is 0 Å². The van der Waals surface area contributed by atoms with Crippen LogP contribution in [-0.2, 0) is 0 Å². The first kappa shape index (κ1) is 14.3. The average Bonchev–Trinajstić information content (AvgIpc) is 2.30. The van der Waals surface area contributed by atoms with Gasteiger partial charge in [0.25, 0.3) is 0 Å². The van der Waals surface area contributed by atoms with Gasteiger partial charge in [0.05, 0.1) is 17.7 Å². The molecule has 3 N–H and O–H groups in total. The molecule has 0 radical (unpaired) electrons. The largest absolute Gasteiger partial charge is 0.492 e. The second-order valence-corrected chi connectivity index (χ2v) is 4.80. The van der Waals surface area contributed by atoms with Crippen LogP contribution < -0.4 is 10.5 Å². The van der Waals surface area contributed by atoms with Crippen LogP contribution >= 0.6 is 11.6 Å². The zero-order valence-electron chi connectivity index (χ0n) is 10.5. The van der Waals surface area contributed by atoms with Crippen molar-refractivity contribution in [1.82, 2.24) is 0 Å². The van der Waals surface area contributed by atoms with Crippen molar-refractivity contribution in [3.05, 3.63) is 28.8 Å². The number of halogens is 1. The Morgan fingerprint density at radius 3 is 2.53 bits per heavy atom. The van der Waals surface area contributed by atoms with Gasteiger partial charge in [0.15, 0.2) is 0 Å². The Hall–Kier alpha value is -0.770. The Balaban J connectivity index is 2.89. The van der Waals surface area contributed by atoms with Crippen molar-refractivity contribution in [2.45, 2.75) is 32.9 Å². The minimum atomic E-state index is -0.705. The number of aliphatic hydroxyl groups is 1. The molecule has 0 aromatic heterocycles. The van der Waals surface area contributed by atoms with Gasteiger partial charge in [-0.2, -0.15) is 0 Å². The van der Waals surface area contributed by atoms with Gasteiger partial charge in [-0.25, -0.2) is 0 Å². The molecule has 2 atom stereocenters. The van der Waals surface area contributed by atoms with E-state index in [1.165, 1.54) is 0 Å². The molecule has 17 heavy (non-hydrogen) atoms. The Labute approximate surface area is 108 Å². The van der Waals surface area contributed by atoms with Gasteiger partial charge in [0.1, 0.15) is 5.75 Å². The van der Waals surface area contributed by atoms with E-state index >= 15 is 0 Å². The highest BCUT2D eigenvalue weighted by molar-refractivity contribution is 6.32. The highest BCUT2D eigenvalue weighted by atomic mass is 35.5. The molecule has 0 aliphatic rings. The lowest BCUT2D eigenvalue weighted by Gasteiger charge is -2.23. The standard InChI is InChI=1S/C13H20ClNO2/c1-4-17-11-6-5-9(7-10(11)14)13(16)12(15)8(2)3/h5-8,12-13,16H,4,15H2,1-3H3. The van der Waals surface area contributed by atoms with E-state index in [1.807, 2.05) is 20.8 Å². The summed E-state index contributed by atoms with van der Waals surface area (Å²) in [4.78, 5) is 0. The van der Waals surface area contributed by atoms with Crippen molar-refractivity contribution in [3.63, 3.8) is 0 Å². The number of hydrogen-bond acceptors (Lipinski definition) is 3. The number of aliphatic hydroxyl groups excluding tert-OH is 1. The van der Waals surface area contributed by atoms with E-state index in [2.05, 4.69) is 0 Å². The first-order valence-corrected chi connectivity index (χ1v) is 6.21.